The Morgan fingerprint density at radius 3 is 2.29 bits per heavy atom. The van der Waals surface area contributed by atoms with Crippen LogP contribution in [-0.2, 0) is 14.3 Å². The van der Waals surface area contributed by atoms with Crippen molar-refractivity contribution in [2.24, 2.45) is 5.11 Å². The molecule has 1 aliphatic carbocycles. The van der Waals surface area contributed by atoms with Crippen LogP contribution >= 0.6 is 0 Å². The maximum Gasteiger partial charge on any atom is 0.407 e. The Balaban J connectivity index is 1.58. The summed E-state index contributed by atoms with van der Waals surface area (Å²) < 4.78 is 5.31. The van der Waals surface area contributed by atoms with Gasteiger partial charge in [-0.2, -0.15) is 0 Å². The maximum atomic E-state index is 12.2. The van der Waals surface area contributed by atoms with Crippen molar-refractivity contribution in [3.8, 4) is 11.1 Å². The summed E-state index contributed by atoms with van der Waals surface area (Å²) >= 11 is 0. The largest absolute Gasteiger partial charge is 0.480 e. The highest BCUT2D eigenvalue weighted by molar-refractivity contribution is 5.87. The van der Waals surface area contributed by atoms with E-state index in [1.807, 2.05) is 48.5 Å². The molecule has 0 unspecified atom stereocenters. The maximum absolute atomic E-state index is 12.2. The van der Waals surface area contributed by atoms with E-state index in [0.717, 1.165) is 22.3 Å². The van der Waals surface area contributed by atoms with E-state index in [-0.39, 0.29) is 25.6 Å². The van der Waals surface area contributed by atoms with Gasteiger partial charge in [-0.3, -0.25) is 4.79 Å². The number of carboxylic acid groups (broad SMARTS) is 1. The van der Waals surface area contributed by atoms with Crippen molar-refractivity contribution >= 4 is 18.0 Å². The Morgan fingerprint density at radius 2 is 1.71 bits per heavy atom. The topological polar surface area (TPSA) is 153 Å². The second kappa shape index (κ2) is 10.1. The summed E-state index contributed by atoms with van der Waals surface area (Å²) in [7, 11) is 0. The quantitative estimate of drug-likeness (QED) is 0.245. The molecular weight excluding hydrogens is 402 g/mol. The smallest absolute Gasteiger partial charge is 0.407 e. The van der Waals surface area contributed by atoms with E-state index in [0.29, 0.717) is 0 Å². The zero-order valence-corrected chi connectivity index (χ0v) is 16.5. The van der Waals surface area contributed by atoms with Crippen LogP contribution in [0.25, 0.3) is 21.6 Å². The predicted octanol–water partition coefficient (Wildman–Crippen LogP) is 2.79. The van der Waals surface area contributed by atoms with Gasteiger partial charge in [0.25, 0.3) is 0 Å². The molecule has 2 aromatic rings. The van der Waals surface area contributed by atoms with Crippen molar-refractivity contribution in [2.45, 2.75) is 18.4 Å². The zero-order chi connectivity index (χ0) is 22.2. The summed E-state index contributed by atoms with van der Waals surface area (Å²) in [6.07, 6.45) is -1.40. The van der Waals surface area contributed by atoms with Gasteiger partial charge in [0.2, 0.25) is 5.91 Å². The lowest BCUT2D eigenvalue weighted by Crippen LogP contribution is -2.44. The lowest BCUT2D eigenvalue weighted by Gasteiger charge is -2.17. The van der Waals surface area contributed by atoms with Crippen molar-refractivity contribution in [2.75, 3.05) is 19.7 Å². The van der Waals surface area contributed by atoms with Crippen LogP contribution in [-0.4, -0.2) is 48.8 Å². The molecule has 2 amide bonds. The molecule has 3 rings (SSSR count). The number of nitrogens with one attached hydrogen (secondary N) is 2. The first kappa shape index (κ1) is 21.7. The number of amides is 2. The Hall–Kier alpha value is -4.04. The number of ether oxygens (including phenoxy) is 1. The molecule has 0 fully saturated rings. The van der Waals surface area contributed by atoms with E-state index in [2.05, 4.69) is 20.7 Å². The molecule has 160 valence electrons. The summed E-state index contributed by atoms with van der Waals surface area (Å²) in [5.41, 5.74) is 12.4. The minimum Gasteiger partial charge on any atom is -0.480 e. The number of fused-ring (bicyclic) bond motifs is 3. The Labute approximate surface area is 177 Å². The van der Waals surface area contributed by atoms with Crippen LogP contribution in [0.4, 0.5) is 4.79 Å². The predicted molar refractivity (Wildman–Crippen MR) is 111 cm³/mol. The fourth-order valence-electron chi connectivity index (χ4n) is 3.53. The van der Waals surface area contributed by atoms with Crippen LogP contribution in [0.2, 0.25) is 0 Å². The van der Waals surface area contributed by atoms with Crippen LogP contribution < -0.4 is 10.6 Å². The Morgan fingerprint density at radius 1 is 1.10 bits per heavy atom. The van der Waals surface area contributed by atoms with Gasteiger partial charge in [-0.15, -0.1) is 0 Å². The van der Waals surface area contributed by atoms with Crippen LogP contribution in [0.5, 0.6) is 0 Å². The highest BCUT2D eigenvalue weighted by atomic mass is 16.5. The highest BCUT2D eigenvalue weighted by Crippen LogP contribution is 2.44. The molecule has 0 bridgehead atoms. The normalized spacial score (nSPS) is 12.6. The molecule has 31 heavy (non-hydrogen) atoms. The number of hydrogen-bond donors (Lipinski definition) is 3. The van der Waals surface area contributed by atoms with Crippen molar-refractivity contribution in [3.63, 3.8) is 0 Å². The average molecular weight is 423 g/mol. The fraction of sp³-hybridized carbons (Fsp3) is 0.286. The summed E-state index contributed by atoms with van der Waals surface area (Å²) in [6, 6.07) is 14.2. The lowest BCUT2D eigenvalue weighted by molar-refractivity contribution is -0.141. The fourth-order valence-corrected chi connectivity index (χ4v) is 3.53. The van der Waals surface area contributed by atoms with Gasteiger partial charge in [0.1, 0.15) is 12.6 Å². The first-order valence-electron chi connectivity index (χ1n) is 9.63. The minimum atomic E-state index is -1.45. The number of alkyl carbamates (subject to hydrolysis) is 1. The van der Waals surface area contributed by atoms with Gasteiger partial charge < -0.3 is 20.5 Å². The number of carboxylic acids is 1. The summed E-state index contributed by atoms with van der Waals surface area (Å²) in [5, 5.41) is 17.2. The Kier molecular flexibility index (Phi) is 7.08. The standard InChI is InChI=1S/C21H21N5O5/c22-26-24-10-9-23-19(27)11-18(20(28)29)25-21(30)31-12-17-15-7-3-1-5-13(15)14-6-2-4-8-16(14)17/h1-8,17-18H,9-12H2,(H,23,27)(H,25,30)(H,28,29)/t18-/m0/s1. The number of aliphatic carboxylic acids is 1. The summed E-state index contributed by atoms with van der Waals surface area (Å²) in [6.45, 7) is 0.143. The number of nitrogens with zero attached hydrogens (tertiary/aromatic N) is 3. The Bertz CT molecular complexity index is 989. The van der Waals surface area contributed by atoms with Gasteiger partial charge in [-0.05, 0) is 27.8 Å². The van der Waals surface area contributed by atoms with E-state index in [1.165, 1.54) is 0 Å². The average Bonchev–Trinajstić information content (AvgIpc) is 3.08. The second-order valence-corrected chi connectivity index (χ2v) is 6.87. The lowest BCUT2D eigenvalue weighted by atomic mass is 9.98. The van der Waals surface area contributed by atoms with Crippen molar-refractivity contribution in [3.05, 3.63) is 70.1 Å². The number of carbonyl (C=O) groups excluding carboxylic acids is 2. The van der Waals surface area contributed by atoms with Crippen LogP contribution in [0, 0.1) is 0 Å². The minimum absolute atomic E-state index is 0.0323. The first-order chi connectivity index (χ1) is 15.0. The third-order valence-electron chi connectivity index (χ3n) is 4.92. The summed E-state index contributed by atoms with van der Waals surface area (Å²) in [4.78, 5) is 38.0. The monoisotopic (exact) mass is 423 g/mol. The van der Waals surface area contributed by atoms with Crippen LogP contribution in [0.1, 0.15) is 23.5 Å². The van der Waals surface area contributed by atoms with Crippen LogP contribution in [0.15, 0.2) is 53.6 Å². The molecule has 0 saturated heterocycles. The molecule has 0 radical (unpaired) electrons. The number of hydrogen-bond acceptors (Lipinski definition) is 5. The van der Waals surface area contributed by atoms with Gasteiger partial charge in [-0.1, -0.05) is 53.6 Å². The van der Waals surface area contributed by atoms with Crippen molar-refractivity contribution < 1.29 is 24.2 Å². The summed E-state index contributed by atoms with van der Waals surface area (Å²) in [5.74, 6) is -2.12. The number of benzene rings is 2. The molecule has 10 nitrogen and oxygen atoms in total. The van der Waals surface area contributed by atoms with Gasteiger partial charge in [0, 0.05) is 23.9 Å². The first-order valence-corrected chi connectivity index (χ1v) is 9.63. The van der Waals surface area contributed by atoms with E-state index < -0.39 is 30.4 Å². The molecule has 0 heterocycles. The van der Waals surface area contributed by atoms with E-state index >= 15 is 0 Å². The van der Waals surface area contributed by atoms with Crippen molar-refractivity contribution in [1.29, 1.82) is 0 Å². The molecule has 0 aliphatic heterocycles. The number of azide groups is 1. The molecule has 0 aromatic heterocycles. The van der Waals surface area contributed by atoms with E-state index in [4.69, 9.17) is 10.3 Å². The SMILES string of the molecule is [N-]=[N+]=NCCNC(=O)C[C@H](NC(=O)OCC1c2ccccc2-c2ccccc21)C(=O)O. The molecule has 0 saturated carbocycles. The van der Waals surface area contributed by atoms with E-state index in [9.17, 15) is 19.5 Å². The van der Waals surface area contributed by atoms with Gasteiger partial charge >= 0.3 is 12.1 Å². The van der Waals surface area contributed by atoms with Gasteiger partial charge in [0.15, 0.2) is 0 Å². The number of rotatable bonds is 9. The molecule has 1 atom stereocenters. The molecular formula is C21H21N5O5. The second-order valence-electron chi connectivity index (χ2n) is 6.87. The van der Waals surface area contributed by atoms with Gasteiger partial charge in [-0.25, -0.2) is 9.59 Å². The third-order valence-corrected chi connectivity index (χ3v) is 4.92. The molecule has 1 aliphatic rings. The van der Waals surface area contributed by atoms with Crippen LogP contribution in [0.3, 0.4) is 0 Å². The molecule has 3 N–H and O–H groups in total. The molecule has 2 aromatic carbocycles. The number of carbonyl (C=O) groups is 3. The van der Waals surface area contributed by atoms with Gasteiger partial charge in [0.05, 0.1) is 6.42 Å². The molecule has 0 spiro atoms. The van der Waals surface area contributed by atoms with Crippen molar-refractivity contribution in [1.82, 2.24) is 10.6 Å². The highest BCUT2D eigenvalue weighted by Gasteiger charge is 2.30. The van der Waals surface area contributed by atoms with E-state index in [1.54, 1.807) is 0 Å². The zero-order valence-electron chi connectivity index (χ0n) is 16.5. The third kappa shape index (κ3) is 5.31. The molecule has 10 heteroatoms.